The fourth-order valence-corrected chi connectivity index (χ4v) is 2.39. The van der Waals surface area contributed by atoms with Gasteiger partial charge in [-0.1, -0.05) is 34.6 Å². The van der Waals surface area contributed by atoms with Crippen LogP contribution in [-0.2, 0) is 9.59 Å². The van der Waals surface area contributed by atoms with Gasteiger partial charge in [0.25, 0.3) is 0 Å². The van der Waals surface area contributed by atoms with Crippen LogP contribution in [0.4, 0.5) is 0 Å². The van der Waals surface area contributed by atoms with Crippen molar-refractivity contribution in [1.29, 1.82) is 0 Å². The Bertz CT molecular complexity index is 313. The molecule has 18 heavy (non-hydrogen) atoms. The summed E-state index contributed by atoms with van der Waals surface area (Å²) < 4.78 is 0. The third kappa shape index (κ3) is 3.47. The smallest absolute Gasteiger partial charge is 0.245 e. The fraction of sp³-hybridized carbons (Fsp3) is 0.857. The van der Waals surface area contributed by atoms with Crippen LogP contribution in [0.2, 0.25) is 0 Å². The van der Waals surface area contributed by atoms with Gasteiger partial charge in [0, 0.05) is 6.54 Å². The number of carbonyl (C=O) groups excluding carboxylic acids is 2. The summed E-state index contributed by atoms with van der Waals surface area (Å²) >= 11 is 0. The van der Waals surface area contributed by atoms with E-state index in [4.69, 9.17) is 0 Å². The van der Waals surface area contributed by atoms with Gasteiger partial charge in [-0.05, 0) is 24.7 Å². The van der Waals surface area contributed by atoms with Crippen molar-refractivity contribution < 1.29 is 9.59 Å². The van der Waals surface area contributed by atoms with Crippen LogP contribution in [0.3, 0.4) is 0 Å². The average Bonchev–Trinajstić information content (AvgIpc) is 2.27. The summed E-state index contributed by atoms with van der Waals surface area (Å²) in [5.41, 5.74) is 0. The Labute approximate surface area is 110 Å². The Morgan fingerprint density at radius 1 is 1.17 bits per heavy atom. The van der Waals surface area contributed by atoms with Gasteiger partial charge in [0.2, 0.25) is 11.8 Å². The standard InChI is InChI=1S/C14H26N2O2/c1-6-11-14(18)16(8-10(4)5)12(7-9(2)3)13(17)15-11/h9-12H,6-8H2,1-5H3,(H,15,17). The number of rotatable bonds is 5. The van der Waals surface area contributed by atoms with Crippen molar-refractivity contribution in [2.75, 3.05) is 6.54 Å². The lowest BCUT2D eigenvalue weighted by atomic mass is 9.96. The number of hydrogen-bond acceptors (Lipinski definition) is 2. The highest BCUT2D eigenvalue weighted by molar-refractivity contribution is 5.96. The topological polar surface area (TPSA) is 49.4 Å². The second-order valence-electron chi connectivity index (χ2n) is 6.00. The quantitative estimate of drug-likeness (QED) is 0.813. The molecule has 1 N–H and O–H groups in total. The first-order chi connectivity index (χ1) is 8.36. The van der Waals surface area contributed by atoms with Crippen LogP contribution in [0, 0.1) is 11.8 Å². The van der Waals surface area contributed by atoms with E-state index in [0.717, 1.165) is 6.42 Å². The maximum Gasteiger partial charge on any atom is 0.245 e. The Morgan fingerprint density at radius 3 is 2.22 bits per heavy atom. The fourth-order valence-electron chi connectivity index (χ4n) is 2.39. The summed E-state index contributed by atoms with van der Waals surface area (Å²) in [6, 6.07) is -0.623. The van der Waals surface area contributed by atoms with Crippen molar-refractivity contribution in [1.82, 2.24) is 10.2 Å². The molecule has 1 rings (SSSR count). The van der Waals surface area contributed by atoms with Crippen LogP contribution in [0.25, 0.3) is 0 Å². The Kier molecular flexibility index (Phi) is 5.17. The zero-order chi connectivity index (χ0) is 13.9. The number of nitrogens with zero attached hydrogens (tertiary/aromatic N) is 1. The molecule has 0 bridgehead atoms. The molecule has 1 aliphatic heterocycles. The number of hydrogen-bond donors (Lipinski definition) is 1. The number of amides is 2. The molecule has 104 valence electrons. The van der Waals surface area contributed by atoms with E-state index in [1.54, 1.807) is 4.90 Å². The van der Waals surface area contributed by atoms with Crippen molar-refractivity contribution in [3.05, 3.63) is 0 Å². The summed E-state index contributed by atoms with van der Waals surface area (Å²) in [4.78, 5) is 26.3. The minimum absolute atomic E-state index is 0.0100. The molecule has 1 fully saturated rings. The van der Waals surface area contributed by atoms with Crippen molar-refractivity contribution in [3.63, 3.8) is 0 Å². The lowest BCUT2D eigenvalue weighted by Gasteiger charge is -2.40. The van der Waals surface area contributed by atoms with E-state index in [1.807, 2.05) is 6.92 Å². The number of nitrogens with one attached hydrogen (secondary N) is 1. The summed E-state index contributed by atoms with van der Waals surface area (Å²) in [5, 5.41) is 2.84. The highest BCUT2D eigenvalue weighted by Gasteiger charge is 2.39. The summed E-state index contributed by atoms with van der Waals surface area (Å²) in [7, 11) is 0. The molecule has 1 aliphatic rings. The molecule has 2 unspecified atom stereocenters. The van der Waals surface area contributed by atoms with Gasteiger partial charge in [-0.3, -0.25) is 9.59 Å². The predicted molar refractivity (Wildman–Crippen MR) is 72.0 cm³/mol. The maximum absolute atomic E-state index is 12.3. The van der Waals surface area contributed by atoms with Gasteiger partial charge < -0.3 is 10.2 Å². The molecule has 2 atom stereocenters. The van der Waals surface area contributed by atoms with Gasteiger partial charge in [0.15, 0.2) is 0 Å². The van der Waals surface area contributed by atoms with Crippen molar-refractivity contribution >= 4 is 11.8 Å². The van der Waals surface area contributed by atoms with Crippen LogP contribution in [0.5, 0.6) is 0 Å². The summed E-state index contributed by atoms with van der Waals surface area (Å²) in [5.74, 6) is 0.876. The van der Waals surface area contributed by atoms with E-state index in [9.17, 15) is 9.59 Å². The van der Waals surface area contributed by atoms with Crippen LogP contribution < -0.4 is 5.32 Å². The van der Waals surface area contributed by atoms with E-state index in [-0.39, 0.29) is 23.9 Å². The average molecular weight is 254 g/mol. The first kappa shape index (κ1) is 15.0. The molecule has 4 heteroatoms. The SMILES string of the molecule is CCC1NC(=O)C(CC(C)C)N(CC(C)C)C1=O. The van der Waals surface area contributed by atoms with E-state index >= 15 is 0 Å². The van der Waals surface area contributed by atoms with Gasteiger partial charge in [-0.15, -0.1) is 0 Å². The van der Waals surface area contributed by atoms with Crippen LogP contribution in [0.1, 0.15) is 47.5 Å². The van der Waals surface area contributed by atoms with Crippen molar-refractivity contribution in [2.24, 2.45) is 11.8 Å². The molecule has 1 heterocycles. The second kappa shape index (κ2) is 6.21. The first-order valence-corrected chi connectivity index (χ1v) is 6.97. The summed E-state index contributed by atoms with van der Waals surface area (Å²) in [6.07, 6.45) is 1.40. The molecular formula is C14H26N2O2. The number of piperazine rings is 1. The van der Waals surface area contributed by atoms with E-state index in [2.05, 4.69) is 33.0 Å². The predicted octanol–water partition coefficient (Wildman–Crippen LogP) is 1.79. The molecule has 1 saturated heterocycles. The van der Waals surface area contributed by atoms with Gasteiger partial charge in [0.1, 0.15) is 12.1 Å². The van der Waals surface area contributed by atoms with E-state index in [1.165, 1.54) is 0 Å². The summed E-state index contributed by atoms with van der Waals surface area (Å²) in [6.45, 7) is 10.9. The molecule has 0 aromatic heterocycles. The zero-order valence-electron chi connectivity index (χ0n) is 12.2. The molecule has 2 amide bonds. The molecule has 0 aromatic rings. The van der Waals surface area contributed by atoms with Crippen molar-refractivity contribution in [3.8, 4) is 0 Å². The highest BCUT2D eigenvalue weighted by atomic mass is 16.2. The Morgan fingerprint density at radius 2 is 1.78 bits per heavy atom. The Balaban J connectivity index is 2.90. The first-order valence-electron chi connectivity index (χ1n) is 6.97. The highest BCUT2D eigenvalue weighted by Crippen LogP contribution is 2.19. The second-order valence-corrected chi connectivity index (χ2v) is 6.00. The molecule has 0 aliphatic carbocycles. The minimum atomic E-state index is -0.334. The molecule has 0 spiro atoms. The van der Waals surface area contributed by atoms with Crippen LogP contribution in [-0.4, -0.2) is 35.3 Å². The lowest BCUT2D eigenvalue weighted by molar-refractivity contribution is -0.150. The van der Waals surface area contributed by atoms with E-state index in [0.29, 0.717) is 24.8 Å². The maximum atomic E-state index is 12.3. The normalized spacial score (nSPS) is 24.9. The minimum Gasteiger partial charge on any atom is -0.343 e. The van der Waals surface area contributed by atoms with E-state index < -0.39 is 0 Å². The zero-order valence-corrected chi connectivity index (χ0v) is 12.2. The monoisotopic (exact) mass is 254 g/mol. The third-order valence-corrected chi connectivity index (χ3v) is 3.24. The molecular weight excluding hydrogens is 228 g/mol. The molecule has 0 saturated carbocycles. The van der Waals surface area contributed by atoms with Gasteiger partial charge in [-0.2, -0.15) is 0 Å². The van der Waals surface area contributed by atoms with Gasteiger partial charge >= 0.3 is 0 Å². The van der Waals surface area contributed by atoms with Crippen molar-refractivity contribution in [2.45, 2.75) is 59.5 Å². The third-order valence-electron chi connectivity index (χ3n) is 3.24. The molecule has 0 radical (unpaired) electrons. The largest absolute Gasteiger partial charge is 0.343 e. The lowest BCUT2D eigenvalue weighted by Crippen LogP contribution is -2.63. The molecule has 4 nitrogen and oxygen atoms in total. The van der Waals surface area contributed by atoms with Gasteiger partial charge in [0.05, 0.1) is 0 Å². The van der Waals surface area contributed by atoms with Crippen LogP contribution >= 0.6 is 0 Å². The van der Waals surface area contributed by atoms with Crippen LogP contribution in [0.15, 0.2) is 0 Å². The Hall–Kier alpha value is -1.06. The molecule has 0 aromatic carbocycles. The number of carbonyl (C=O) groups is 2. The van der Waals surface area contributed by atoms with Gasteiger partial charge in [-0.25, -0.2) is 0 Å².